The van der Waals surface area contributed by atoms with E-state index in [1.165, 1.54) is 11.3 Å². The summed E-state index contributed by atoms with van der Waals surface area (Å²) in [6.07, 6.45) is 3.68. The van der Waals surface area contributed by atoms with Crippen LogP contribution in [-0.4, -0.2) is 47.4 Å². The first-order valence-electron chi connectivity index (χ1n) is 9.05. The number of fused-ring (bicyclic) bond motifs is 1. The van der Waals surface area contributed by atoms with Crippen LogP contribution in [-0.2, 0) is 33.8 Å². The van der Waals surface area contributed by atoms with Gasteiger partial charge in [0.05, 0.1) is 29.9 Å². The number of sulfone groups is 1. The second kappa shape index (κ2) is 7.93. The smallest absolute Gasteiger partial charge is 0.341 e. The zero-order valence-electron chi connectivity index (χ0n) is 16.2. The van der Waals surface area contributed by atoms with E-state index in [0.29, 0.717) is 15.4 Å². The molecule has 0 aliphatic carbocycles. The Hall–Kier alpha value is -2.57. The Kier molecular flexibility index (Phi) is 5.47. The van der Waals surface area contributed by atoms with E-state index in [4.69, 9.17) is 4.74 Å². The molecule has 0 unspecified atom stereocenters. The molecular formula is C18H18N4O5S3. The normalized spacial score (nSPS) is 14.9. The molecule has 0 radical (unpaired) electrons. The third-order valence-electron chi connectivity index (χ3n) is 4.50. The molecule has 9 nitrogen and oxygen atoms in total. The number of esters is 1. The minimum atomic E-state index is -3.22. The zero-order valence-corrected chi connectivity index (χ0v) is 18.6. The molecule has 30 heavy (non-hydrogen) atoms. The van der Waals surface area contributed by atoms with Gasteiger partial charge in [-0.15, -0.1) is 22.7 Å². The van der Waals surface area contributed by atoms with Gasteiger partial charge in [-0.25, -0.2) is 18.2 Å². The van der Waals surface area contributed by atoms with Gasteiger partial charge < -0.3 is 10.1 Å². The maximum atomic E-state index is 12.8. The topological polar surface area (TPSA) is 120 Å². The highest BCUT2D eigenvalue weighted by Gasteiger charge is 2.32. The maximum Gasteiger partial charge on any atom is 0.341 e. The summed E-state index contributed by atoms with van der Waals surface area (Å²) in [7, 11) is -1.42. The van der Waals surface area contributed by atoms with E-state index in [1.54, 1.807) is 36.4 Å². The molecule has 0 saturated heterocycles. The first-order chi connectivity index (χ1) is 14.3. The van der Waals surface area contributed by atoms with Gasteiger partial charge in [0.15, 0.2) is 9.84 Å². The summed E-state index contributed by atoms with van der Waals surface area (Å²) in [6.45, 7) is 1.87. The minimum Gasteiger partial charge on any atom is -0.462 e. The number of anilines is 1. The number of nitrogens with zero attached hydrogens (tertiary/aromatic N) is 3. The number of aryl methyl sites for hydroxylation is 1. The van der Waals surface area contributed by atoms with Gasteiger partial charge >= 0.3 is 5.97 Å². The van der Waals surface area contributed by atoms with Crippen LogP contribution in [0.15, 0.2) is 17.8 Å². The third kappa shape index (κ3) is 4.02. The van der Waals surface area contributed by atoms with Crippen LogP contribution in [0.3, 0.4) is 0 Å². The summed E-state index contributed by atoms with van der Waals surface area (Å²) < 4.78 is 30.8. The molecule has 0 fully saturated rings. The Morgan fingerprint density at radius 3 is 2.87 bits per heavy atom. The average Bonchev–Trinajstić information content (AvgIpc) is 3.38. The summed E-state index contributed by atoms with van der Waals surface area (Å²) in [5, 5.41) is 9.39. The number of ether oxygens (including phenoxy) is 1. The standard InChI is InChI=1S/C18H18N4O5S3/c1-3-27-18(24)14-11-4-5-30(25,26)9-13(11)29-17(14)21-15(23)12-8-28-16(20-12)10-6-19-22(2)7-10/h6-8H,3-5,9H2,1-2H3,(H,21,23). The summed E-state index contributed by atoms with van der Waals surface area (Å²) in [6, 6.07) is 0. The van der Waals surface area contributed by atoms with E-state index in [1.807, 2.05) is 0 Å². The number of thiophene rings is 1. The van der Waals surface area contributed by atoms with E-state index in [2.05, 4.69) is 15.4 Å². The molecule has 12 heteroatoms. The SMILES string of the molecule is CCOC(=O)c1c(NC(=O)c2csc(-c3cnn(C)c3)n2)sc2c1CCS(=O)(=O)C2. The molecule has 158 valence electrons. The Bertz CT molecular complexity index is 1240. The second-order valence-electron chi connectivity index (χ2n) is 6.67. The van der Waals surface area contributed by atoms with E-state index < -0.39 is 21.7 Å². The second-order valence-corrected chi connectivity index (χ2v) is 10.8. The highest BCUT2D eigenvalue weighted by Crippen LogP contribution is 2.38. The van der Waals surface area contributed by atoms with Crippen LogP contribution in [0.25, 0.3) is 10.6 Å². The number of carbonyl (C=O) groups is 2. The first kappa shape index (κ1) is 20.7. The molecule has 4 rings (SSSR count). The van der Waals surface area contributed by atoms with Crippen LogP contribution >= 0.6 is 22.7 Å². The summed E-state index contributed by atoms with van der Waals surface area (Å²) in [5.41, 5.74) is 1.87. The summed E-state index contributed by atoms with van der Waals surface area (Å²) >= 11 is 2.41. The number of thiazole rings is 1. The fourth-order valence-corrected chi connectivity index (χ4v) is 6.95. The third-order valence-corrected chi connectivity index (χ3v) is 8.28. The molecular weight excluding hydrogens is 448 g/mol. The van der Waals surface area contributed by atoms with Gasteiger partial charge in [0.1, 0.15) is 15.7 Å². The molecule has 0 aromatic carbocycles. The average molecular weight is 467 g/mol. The van der Waals surface area contributed by atoms with Crippen molar-refractivity contribution in [2.75, 3.05) is 17.7 Å². The molecule has 0 bridgehead atoms. The Morgan fingerprint density at radius 1 is 1.37 bits per heavy atom. The monoisotopic (exact) mass is 466 g/mol. The highest BCUT2D eigenvalue weighted by atomic mass is 32.2. The van der Waals surface area contributed by atoms with Crippen molar-refractivity contribution < 1.29 is 22.7 Å². The van der Waals surface area contributed by atoms with Crippen LogP contribution in [0, 0.1) is 0 Å². The number of nitrogens with one attached hydrogen (secondary N) is 1. The first-order valence-corrected chi connectivity index (χ1v) is 12.6. The van der Waals surface area contributed by atoms with Crippen molar-refractivity contribution in [3.8, 4) is 10.6 Å². The van der Waals surface area contributed by atoms with Gasteiger partial charge in [0.25, 0.3) is 5.91 Å². The molecule has 1 aliphatic rings. The van der Waals surface area contributed by atoms with E-state index in [9.17, 15) is 18.0 Å². The van der Waals surface area contributed by atoms with Crippen molar-refractivity contribution >= 4 is 49.4 Å². The number of carbonyl (C=O) groups excluding carboxylic acids is 2. The lowest BCUT2D eigenvalue weighted by atomic mass is 10.1. The van der Waals surface area contributed by atoms with E-state index >= 15 is 0 Å². The Labute approximate surface area is 180 Å². The van der Waals surface area contributed by atoms with Gasteiger partial charge in [0, 0.05) is 29.1 Å². The molecule has 3 aromatic heterocycles. The van der Waals surface area contributed by atoms with Crippen molar-refractivity contribution in [2.24, 2.45) is 7.05 Å². The summed E-state index contributed by atoms with van der Waals surface area (Å²) in [5.74, 6) is -1.22. The van der Waals surface area contributed by atoms with E-state index in [0.717, 1.165) is 16.9 Å². The van der Waals surface area contributed by atoms with Crippen LogP contribution < -0.4 is 5.32 Å². The quantitative estimate of drug-likeness (QED) is 0.574. The van der Waals surface area contributed by atoms with Crippen LogP contribution in [0.2, 0.25) is 0 Å². The Morgan fingerprint density at radius 2 is 2.17 bits per heavy atom. The number of aromatic nitrogens is 3. The molecule has 1 N–H and O–H groups in total. The van der Waals surface area contributed by atoms with Crippen LogP contribution in [0.1, 0.15) is 38.2 Å². The Balaban J connectivity index is 1.64. The molecule has 0 spiro atoms. The fourth-order valence-electron chi connectivity index (χ4n) is 3.14. The van der Waals surface area contributed by atoms with Crippen molar-refractivity contribution in [3.63, 3.8) is 0 Å². The molecule has 0 atom stereocenters. The lowest BCUT2D eigenvalue weighted by Crippen LogP contribution is -2.20. The van der Waals surface area contributed by atoms with Crippen LogP contribution in [0.5, 0.6) is 0 Å². The van der Waals surface area contributed by atoms with Crippen molar-refractivity contribution in [3.05, 3.63) is 39.5 Å². The van der Waals surface area contributed by atoms with Crippen molar-refractivity contribution in [1.82, 2.24) is 14.8 Å². The maximum absolute atomic E-state index is 12.8. The molecule has 1 amide bonds. The lowest BCUT2D eigenvalue weighted by Gasteiger charge is -2.13. The largest absolute Gasteiger partial charge is 0.462 e. The molecule has 4 heterocycles. The van der Waals surface area contributed by atoms with Crippen molar-refractivity contribution in [2.45, 2.75) is 19.1 Å². The molecule has 0 saturated carbocycles. The van der Waals surface area contributed by atoms with Gasteiger partial charge in [-0.2, -0.15) is 5.10 Å². The zero-order chi connectivity index (χ0) is 21.5. The van der Waals surface area contributed by atoms with Crippen LogP contribution in [0.4, 0.5) is 5.00 Å². The van der Waals surface area contributed by atoms with E-state index in [-0.39, 0.29) is 40.8 Å². The van der Waals surface area contributed by atoms with Gasteiger partial charge in [-0.05, 0) is 18.9 Å². The van der Waals surface area contributed by atoms with Gasteiger partial charge in [-0.3, -0.25) is 9.48 Å². The molecule has 3 aromatic rings. The minimum absolute atomic E-state index is 0.0307. The highest BCUT2D eigenvalue weighted by molar-refractivity contribution is 7.90. The lowest BCUT2D eigenvalue weighted by molar-refractivity contribution is 0.0527. The number of hydrogen-bond donors (Lipinski definition) is 1. The number of amides is 1. The predicted octanol–water partition coefficient (Wildman–Crippen LogP) is 2.51. The molecule has 1 aliphatic heterocycles. The van der Waals surface area contributed by atoms with Gasteiger partial charge in [-0.1, -0.05) is 0 Å². The van der Waals surface area contributed by atoms with Crippen molar-refractivity contribution in [1.29, 1.82) is 0 Å². The summed E-state index contributed by atoms with van der Waals surface area (Å²) in [4.78, 5) is 30.2. The number of hydrogen-bond acceptors (Lipinski definition) is 9. The fraction of sp³-hybridized carbons (Fsp3) is 0.333. The predicted molar refractivity (Wildman–Crippen MR) is 114 cm³/mol. The number of rotatable bonds is 5. The van der Waals surface area contributed by atoms with Gasteiger partial charge in [0.2, 0.25) is 0 Å².